The molecule has 4 aromatic rings. The number of ketones is 2. The Bertz CT molecular complexity index is 1560. The minimum Gasteiger partial charge on any atom is -0.321 e. The second-order valence-corrected chi connectivity index (χ2v) is 10.2. The number of hydrogen-bond acceptors (Lipinski definition) is 5. The van der Waals surface area contributed by atoms with Gasteiger partial charge in [-0.15, -0.1) is 4.68 Å². The molecule has 1 unspecified atom stereocenters. The standard InChI is InChI=1S/C32H33N5O3/c1-3-25(39)10-8-14-30(40)36-20-23-9-4-5-11-26(23)32-31(27-12-6-7-13-29(27)36)34-35-37(32)24-17-15-22(16-18-24)19-28(33)21(2)38/h4-7,9,11-13,15-18,28H,3,8,10,14,19-20,33H2,1-2H3/p+1. The molecule has 8 nitrogen and oxygen atoms in total. The number of nitrogens with one attached hydrogen (secondary N) is 1. The summed E-state index contributed by atoms with van der Waals surface area (Å²) in [4.78, 5) is 38.8. The largest absolute Gasteiger partial charge is 0.321 e. The molecule has 0 saturated carbocycles. The molecule has 0 fully saturated rings. The molecule has 1 atom stereocenters. The van der Waals surface area contributed by atoms with Gasteiger partial charge in [0.25, 0.3) is 5.69 Å². The fourth-order valence-corrected chi connectivity index (χ4v) is 5.14. The van der Waals surface area contributed by atoms with Crippen LogP contribution in [0.25, 0.3) is 28.2 Å². The monoisotopic (exact) mass is 536 g/mol. The zero-order valence-corrected chi connectivity index (χ0v) is 22.9. The Kier molecular flexibility index (Phi) is 7.98. The first kappa shape index (κ1) is 27.1. The molecule has 2 heterocycles. The van der Waals surface area contributed by atoms with E-state index in [0.29, 0.717) is 38.6 Å². The van der Waals surface area contributed by atoms with Crippen molar-refractivity contribution in [2.75, 3.05) is 4.90 Å². The minimum absolute atomic E-state index is 0.0163. The molecule has 204 valence electrons. The Balaban J connectivity index is 1.57. The predicted molar refractivity (Wildman–Crippen MR) is 154 cm³/mol. The van der Waals surface area contributed by atoms with Crippen LogP contribution >= 0.6 is 0 Å². The predicted octanol–water partition coefficient (Wildman–Crippen LogP) is 4.48. The molecule has 0 aliphatic carbocycles. The molecule has 0 bridgehead atoms. The number of para-hydroxylation sites is 1. The van der Waals surface area contributed by atoms with Gasteiger partial charge >= 0.3 is 0 Å². The van der Waals surface area contributed by atoms with Crippen LogP contribution in [0.15, 0.2) is 72.8 Å². The van der Waals surface area contributed by atoms with Crippen molar-refractivity contribution in [2.24, 2.45) is 5.73 Å². The topological polar surface area (TPSA) is 113 Å². The van der Waals surface area contributed by atoms with Crippen LogP contribution in [0.4, 0.5) is 5.69 Å². The zero-order chi connectivity index (χ0) is 28.2. The third-order valence-corrected chi connectivity index (χ3v) is 7.47. The fraction of sp³-hybridized carbons (Fsp3) is 0.281. The third-order valence-electron chi connectivity index (χ3n) is 7.47. The zero-order valence-electron chi connectivity index (χ0n) is 22.9. The Morgan fingerprint density at radius 3 is 2.40 bits per heavy atom. The minimum atomic E-state index is -0.521. The molecule has 40 heavy (non-hydrogen) atoms. The fourth-order valence-electron chi connectivity index (χ4n) is 5.14. The number of carbonyl (C=O) groups excluding carboxylic acids is 3. The molecule has 1 amide bonds. The molecule has 8 heteroatoms. The lowest BCUT2D eigenvalue weighted by atomic mass is 9.95. The van der Waals surface area contributed by atoms with Crippen molar-refractivity contribution in [3.8, 4) is 28.2 Å². The van der Waals surface area contributed by atoms with Gasteiger partial charge < -0.3 is 10.6 Å². The summed E-state index contributed by atoms with van der Waals surface area (Å²) in [5.41, 5.74) is 13.1. The summed E-state index contributed by atoms with van der Waals surface area (Å²) in [7, 11) is 0. The van der Waals surface area contributed by atoms with Crippen LogP contribution in [-0.4, -0.2) is 33.8 Å². The van der Waals surface area contributed by atoms with Crippen molar-refractivity contribution in [3.63, 3.8) is 0 Å². The van der Waals surface area contributed by atoms with Gasteiger partial charge in [0.05, 0.1) is 23.8 Å². The number of aromatic amines is 1. The molecule has 3 N–H and O–H groups in total. The molecule has 1 aliphatic rings. The van der Waals surface area contributed by atoms with Gasteiger partial charge in [-0.1, -0.05) is 60.7 Å². The van der Waals surface area contributed by atoms with E-state index < -0.39 is 6.04 Å². The highest BCUT2D eigenvalue weighted by Crippen LogP contribution is 2.40. The molecule has 1 aliphatic heterocycles. The highest BCUT2D eigenvalue weighted by Gasteiger charge is 2.34. The first-order valence-corrected chi connectivity index (χ1v) is 13.7. The Labute approximate surface area is 233 Å². The molecule has 3 aromatic carbocycles. The summed E-state index contributed by atoms with van der Waals surface area (Å²) in [5.74, 6) is 0.120. The molecule has 0 saturated heterocycles. The maximum atomic E-state index is 13.5. The number of nitrogens with two attached hydrogens (primary N) is 1. The second kappa shape index (κ2) is 11.8. The first-order valence-electron chi connectivity index (χ1n) is 13.7. The average molecular weight is 537 g/mol. The maximum Gasteiger partial charge on any atom is 0.259 e. The normalized spacial score (nSPS) is 12.9. The van der Waals surface area contributed by atoms with Gasteiger partial charge in [0.1, 0.15) is 11.6 Å². The van der Waals surface area contributed by atoms with E-state index in [1.165, 1.54) is 6.92 Å². The number of hydrogen-bond donors (Lipinski definition) is 2. The highest BCUT2D eigenvalue weighted by atomic mass is 16.2. The van der Waals surface area contributed by atoms with Gasteiger partial charge in [-0.05, 0) is 55.2 Å². The van der Waals surface area contributed by atoms with Crippen molar-refractivity contribution < 1.29 is 19.1 Å². The maximum absolute atomic E-state index is 13.5. The Hall–Kier alpha value is -4.43. The van der Waals surface area contributed by atoms with Crippen molar-refractivity contribution in [1.82, 2.24) is 10.3 Å². The van der Waals surface area contributed by atoms with Crippen LogP contribution in [0.5, 0.6) is 0 Å². The summed E-state index contributed by atoms with van der Waals surface area (Å²) in [6, 6.07) is 23.3. The number of rotatable bonds is 9. The Morgan fingerprint density at radius 2 is 1.68 bits per heavy atom. The highest BCUT2D eigenvalue weighted by molar-refractivity contribution is 6.00. The quantitative estimate of drug-likeness (QED) is 0.306. The van der Waals surface area contributed by atoms with E-state index in [9.17, 15) is 14.4 Å². The average Bonchev–Trinajstić information content (AvgIpc) is 3.39. The van der Waals surface area contributed by atoms with Crippen LogP contribution in [0.1, 0.15) is 50.7 Å². The molecule has 1 aromatic heterocycles. The number of aromatic nitrogens is 3. The first-order chi connectivity index (χ1) is 19.4. The van der Waals surface area contributed by atoms with E-state index in [1.54, 1.807) is 0 Å². The van der Waals surface area contributed by atoms with Crippen LogP contribution in [0.2, 0.25) is 0 Å². The molecule has 0 spiro atoms. The molecule has 5 rings (SSSR count). The lowest BCUT2D eigenvalue weighted by molar-refractivity contribution is -0.648. The van der Waals surface area contributed by atoms with E-state index >= 15 is 0 Å². The number of Topliss-reactive ketones (excluding diaryl/α,β-unsaturated/α-hetero) is 2. The van der Waals surface area contributed by atoms with E-state index in [0.717, 1.165) is 45.0 Å². The van der Waals surface area contributed by atoms with Gasteiger partial charge in [-0.25, -0.2) is 0 Å². The number of carbonyl (C=O) groups is 3. The van der Waals surface area contributed by atoms with Gasteiger partial charge in [0.2, 0.25) is 11.6 Å². The third kappa shape index (κ3) is 5.49. The van der Waals surface area contributed by atoms with E-state index in [4.69, 9.17) is 10.8 Å². The molecular formula is C32H34N5O3+. The van der Waals surface area contributed by atoms with Crippen LogP contribution in [-0.2, 0) is 27.3 Å². The van der Waals surface area contributed by atoms with E-state index in [2.05, 4.69) is 11.3 Å². The number of nitrogens with zero attached hydrogens (tertiary/aromatic N) is 3. The van der Waals surface area contributed by atoms with Crippen molar-refractivity contribution >= 4 is 23.2 Å². The number of benzene rings is 3. The smallest absolute Gasteiger partial charge is 0.259 e. The summed E-state index contributed by atoms with van der Waals surface area (Å²) in [5, 5.41) is 7.94. The summed E-state index contributed by atoms with van der Waals surface area (Å²) in [6.45, 7) is 3.76. The summed E-state index contributed by atoms with van der Waals surface area (Å²) in [6.07, 6.45) is 2.22. The number of anilines is 1. The number of H-pyrrole nitrogens is 1. The van der Waals surface area contributed by atoms with Crippen LogP contribution in [0.3, 0.4) is 0 Å². The second-order valence-electron chi connectivity index (χ2n) is 10.2. The summed E-state index contributed by atoms with van der Waals surface area (Å²) < 4.78 is 1.95. The number of amides is 1. The van der Waals surface area contributed by atoms with Crippen molar-refractivity contribution in [3.05, 3.63) is 83.9 Å². The van der Waals surface area contributed by atoms with Gasteiger partial charge in [-0.2, -0.15) is 0 Å². The molecular weight excluding hydrogens is 502 g/mol. The van der Waals surface area contributed by atoms with E-state index in [-0.39, 0.29) is 17.5 Å². The van der Waals surface area contributed by atoms with Gasteiger partial charge in [0, 0.05) is 29.9 Å². The van der Waals surface area contributed by atoms with Crippen LogP contribution < -0.4 is 15.3 Å². The lowest BCUT2D eigenvalue weighted by Gasteiger charge is -2.27. The van der Waals surface area contributed by atoms with Crippen molar-refractivity contribution in [1.29, 1.82) is 0 Å². The van der Waals surface area contributed by atoms with Gasteiger partial charge in [0.15, 0.2) is 5.69 Å². The van der Waals surface area contributed by atoms with Crippen LogP contribution in [0, 0.1) is 0 Å². The van der Waals surface area contributed by atoms with Gasteiger partial charge in [-0.3, -0.25) is 14.4 Å². The Morgan fingerprint density at radius 1 is 0.975 bits per heavy atom. The molecule has 0 radical (unpaired) electrons. The lowest BCUT2D eigenvalue weighted by Crippen LogP contribution is -2.36. The number of fused-ring (bicyclic) bond motifs is 5. The van der Waals surface area contributed by atoms with Crippen molar-refractivity contribution in [2.45, 2.75) is 58.5 Å². The van der Waals surface area contributed by atoms with E-state index in [1.807, 2.05) is 83.2 Å². The SMILES string of the molecule is CCC(=O)CCCC(=O)N1Cc2ccccc2-c2c(n[nH][n+]2-c2ccc(CC(N)C(C)=O)cc2)-c2ccccc21. The summed E-state index contributed by atoms with van der Waals surface area (Å²) >= 11 is 0.